The van der Waals surface area contributed by atoms with Crippen LogP contribution in [0.3, 0.4) is 0 Å². The minimum Gasteiger partial charge on any atom is -0.397 e. The molecule has 1 aromatic heterocycles. The van der Waals surface area contributed by atoms with Crippen LogP contribution in [0, 0.1) is 12.3 Å². The number of hydrogen-bond donors (Lipinski definition) is 2. The minimum absolute atomic E-state index is 0.0429. The Morgan fingerprint density at radius 1 is 1.65 bits per heavy atom. The third-order valence-corrected chi connectivity index (χ3v) is 2.41. The average Bonchev–Trinajstić information content (AvgIpc) is 2.31. The standard InChI is InChI=1S/C13H17N3O/c1-3-5-11(4-2)16-13(17)8-12-7-6-10(14)9-15-12/h1,6-7,9,11H,4-5,8,14H2,2H3,(H,16,17). The predicted octanol–water partition coefficient (Wildman–Crippen LogP) is 1.12. The highest BCUT2D eigenvalue weighted by Crippen LogP contribution is 2.03. The summed E-state index contributed by atoms with van der Waals surface area (Å²) in [7, 11) is 0. The summed E-state index contributed by atoms with van der Waals surface area (Å²) in [6, 6.07) is 3.52. The summed E-state index contributed by atoms with van der Waals surface area (Å²) in [6.07, 6.45) is 8.39. The van der Waals surface area contributed by atoms with E-state index in [2.05, 4.69) is 16.2 Å². The SMILES string of the molecule is C#CCC(CC)NC(=O)Cc1ccc(N)cn1. The molecule has 1 atom stereocenters. The van der Waals surface area contributed by atoms with Gasteiger partial charge in [-0.15, -0.1) is 12.3 Å². The third-order valence-electron chi connectivity index (χ3n) is 2.41. The number of nitrogens with two attached hydrogens (primary N) is 1. The van der Waals surface area contributed by atoms with E-state index in [0.29, 0.717) is 17.8 Å². The lowest BCUT2D eigenvalue weighted by atomic mass is 10.1. The lowest BCUT2D eigenvalue weighted by molar-refractivity contribution is -0.121. The fourth-order valence-corrected chi connectivity index (χ4v) is 1.42. The van der Waals surface area contributed by atoms with Crippen molar-refractivity contribution in [2.24, 2.45) is 0 Å². The molecule has 1 amide bonds. The first-order chi connectivity index (χ1) is 8.15. The summed E-state index contributed by atoms with van der Waals surface area (Å²) in [4.78, 5) is 15.8. The van der Waals surface area contributed by atoms with E-state index in [-0.39, 0.29) is 18.4 Å². The number of nitrogens with one attached hydrogen (secondary N) is 1. The molecule has 1 rings (SSSR count). The third kappa shape index (κ3) is 4.56. The molecular formula is C13H17N3O. The van der Waals surface area contributed by atoms with Crippen molar-refractivity contribution < 1.29 is 4.79 Å². The number of carbonyl (C=O) groups excluding carboxylic acids is 1. The molecule has 3 N–H and O–H groups in total. The smallest absolute Gasteiger partial charge is 0.226 e. The molecule has 0 aromatic carbocycles. The number of anilines is 1. The number of rotatable bonds is 5. The van der Waals surface area contributed by atoms with E-state index in [1.165, 1.54) is 0 Å². The molecule has 0 bridgehead atoms. The molecule has 4 nitrogen and oxygen atoms in total. The zero-order valence-electron chi connectivity index (χ0n) is 9.94. The van der Waals surface area contributed by atoms with E-state index in [0.717, 1.165) is 6.42 Å². The molecule has 1 unspecified atom stereocenters. The number of amides is 1. The molecule has 0 fully saturated rings. The number of pyridine rings is 1. The number of hydrogen-bond acceptors (Lipinski definition) is 3. The van der Waals surface area contributed by atoms with Crippen LogP contribution in [-0.2, 0) is 11.2 Å². The maximum absolute atomic E-state index is 11.7. The molecule has 1 heterocycles. The molecule has 1 aromatic rings. The van der Waals surface area contributed by atoms with Crippen LogP contribution in [-0.4, -0.2) is 16.9 Å². The van der Waals surface area contributed by atoms with Crippen LogP contribution in [0.4, 0.5) is 5.69 Å². The second-order valence-electron chi connectivity index (χ2n) is 3.84. The first-order valence-electron chi connectivity index (χ1n) is 5.59. The minimum atomic E-state index is -0.0654. The van der Waals surface area contributed by atoms with Gasteiger partial charge in [0.25, 0.3) is 0 Å². The van der Waals surface area contributed by atoms with Crippen molar-refractivity contribution in [1.29, 1.82) is 0 Å². The maximum atomic E-state index is 11.7. The van der Waals surface area contributed by atoms with Gasteiger partial charge in [0.1, 0.15) is 0 Å². The van der Waals surface area contributed by atoms with Crippen LogP contribution in [0.1, 0.15) is 25.5 Å². The van der Waals surface area contributed by atoms with Crippen molar-refractivity contribution in [3.05, 3.63) is 24.0 Å². The molecular weight excluding hydrogens is 214 g/mol. The van der Waals surface area contributed by atoms with E-state index in [1.54, 1.807) is 18.3 Å². The van der Waals surface area contributed by atoms with Gasteiger partial charge in [-0.25, -0.2) is 0 Å². The Labute approximate surface area is 102 Å². The van der Waals surface area contributed by atoms with Gasteiger partial charge in [0.2, 0.25) is 5.91 Å². The van der Waals surface area contributed by atoms with Crippen LogP contribution < -0.4 is 11.1 Å². The van der Waals surface area contributed by atoms with Gasteiger partial charge >= 0.3 is 0 Å². The lowest BCUT2D eigenvalue weighted by Gasteiger charge is -2.13. The lowest BCUT2D eigenvalue weighted by Crippen LogP contribution is -2.35. The highest BCUT2D eigenvalue weighted by Gasteiger charge is 2.10. The normalized spacial score (nSPS) is 11.5. The van der Waals surface area contributed by atoms with Gasteiger partial charge in [-0.1, -0.05) is 6.92 Å². The zero-order valence-corrected chi connectivity index (χ0v) is 9.94. The number of nitrogen functional groups attached to an aromatic ring is 1. The van der Waals surface area contributed by atoms with E-state index in [9.17, 15) is 4.79 Å². The summed E-state index contributed by atoms with van der Waals surface area (Å²) in [5, 5.41) is 2.88. The average molecular weight is 231 g/mol. The second kappa shape index (κ2) is 6.54. The Morgan fingerprint density at radius 3 is 2.94 bits per heavy atom. The Balaban J connectivity index is 2.49. The molecule has 0 saturated carbocycles. The van der Waals surface area contributed by atoms with Crippen molar-refractivity contribution >= 4 is 11.6 Å². The fraction of sp³-hybridized carbons (Fsp3) is 0.385. The highest BCUT2D eigenvalue weighted by molar-refractivity contribution is 5.78. The van der Waals surface area contributed by atoms with Crippen molar-refractivity contribution in [2.45, 2.75) is 32.2 Å². The van der Waals surface area contributed by atoms with Gasteiger partial charge in [0.15, 0.2) is 0 Å². The van der Waals surface area contributed by atoms with Crippen molar-refractivity contribution in [2.75, 3.05) is 5.73 Å². The van der Waals surface area contributed by atoms with Crippen LogP contribution in [0.15, 0.2) is 18.3 Å². The van der Waals surface area contributed by atoms with E-state index in [1.807, 2.05) is 6.92 Å². The fourth-order valence-electron chi connectivity index (χ4n) is 1.42. The summed E-state index contributed by atoms with van der Waals surface area (Å²) in [5.74, 6) is 2.48. The van der Waals surface area contributed by atoms with E-state index < -0.39 is 0 Å². The van der Waals surface area contributed by atoms with Gasteiger partial charge in [0.05, 0.1) is 18.3 Å². The Bertz CT molecular complexity index is 406. The van der Waals surface area contributed by atoms with Crippen molar-refractivity contribution in [3.8, 4) is 12.3 Å². The quantitative estimate of drug-likeness (QED) is 0.746. The number of carbonyl (C=O) groups is 1. The van der Waals surface area contributed by atoms with Gasteiger partial charge < -0.3 is 11.1 Å². The molecule has 0 aliphatic heterocycles. The molecule has 17 heavy (non-hydrogen) atoms. The van der Waals surface area contributed by atoms with Crippen LogP contribution >= 0.6 is 0 Å². The number of aromatic nitrogens is 1. The molecule has 0 radical (unpaired) electrons. The maximum Gasteiger partial charge on any atom is 0.226 e. The summed E-state index contributed by atoms with van der Waals surface area (Å²) in [6.45, 7) is 1.99. The van der Waals surface area contributed by atoms with Crippen LogP contribution in [0.5, 0.6) is 0 Å². The first kappa shape index (κ1) is 13.0. The van der Waals surface area contributed by atoms with Gasteiger partial charge in [-0.2, -0.15) is 0 Å². The molecule has 0 spiro atoms. The number of terminal acetylenes is 1. The highest BCUT2D eigenvalue weighted by atomic mass is 16.1. The number of nitrogens with zero attached hydrogens (tertiary/aromatic N) is 1. The molecule has 4 heteroatoms. The Hall–Kier alpha value is -2.02. The summed E-state index contributed by atoms with van der Waals surface area (Å²) in [5.41, 5.74) is 6.81. The largest absolute Gasteiger partial charge is 0.397 e. The van der Waals surface area contributed by atoms with Crippen molar-refractivity contribution in [3.63, 3.8) is 0 Å². The zero-order chi connectivity index (χ0) is 12.7. The molecule has 90 valence electrons. The van der Waals surface area contributed by atoms with E-state index in [4.69, 9.17) is 12.2 Å². The topological polar surface area (TPSA) is 68.0 Å². The second-order valence-corrected chi connectivity index (χ2v) is 3.84. The molecule has 0 aliphatic rings. The molecule has 0 saturated heterocycles. The van der Waals surface area contributed by atoms with Crippen molar-refractivity contribution in [1.82, 2.24) is 10.3 Å². The van der Waals surface area contributed by atoms with Crippen LogP contribution in [0.25, 0.3) is 0 Å². The summed E-state index contributed by atoms with van der Waals surface area (Å²) >= 11 is 0. The predicted molar refractivity (Wildman–Crippen MR) is 68.0 cm³/mol. The van der Waals surface area contributed by atoms with Gasteiger partial charge in [-0.05, 0) is 18.6 Å². The monoisotopic (exact) mass is 231 g/mol. The first-order valence-corrected chi connectivity index (χ1v) is 5.59. The van der Waals surface area contributed by atoms with Crippen LogP contribution in [0.2, 0.25) is 0 Å². The summed E-state index contributed by atoms with van der Waals surface area (Å²) < 4.78 is 0. The Kier molecular flexibility index (Phi) is 5.02. The van der Waals surface area contributed by atoms with Gasteiger partial charge in [0, 0.05) is 18.2 Å². The van der Waals surface area contributed by atoms with E-state index >= 15 is 0 Å². The Morgan fingerprint density at radius 2 is 2.41 bits per heavy atom. The molecule has 0 aliphatic carbocycles. The van der Waals surface area contributed by atoms with Gasteiger partial charge in [-0.3, -0.25) is 9.78 Å².